The van der Waals surface area contributed by atoms with Gasteiger partial charge in [-0.05, 0) is 29.8 Å². The fraction of sp³-hybridized carbons (Fsp3) is 0.0714. The summed E-state index contributed by atoms with van der Waals surface area (Å²) < 4.78 is 31.4. The summed E-state index contributed by atoms with van der Waals surface area (Å²) in [5, 5.41) is 11.9. The highest BCUT2D eigenvalue weighted by Crippen LogP contribution is 2.27. The predicted molar refractivity (Wildman–Crippen MR) is 74.7 cm³/mol. The molecule has 0 fully saturated rings. The van der Waals surface area contributed by atoms with Gasteiger partial charge in [0.15, 0.2) is 17.5 Å². The number of nitrogens with two attached hydrogens (primary N) is 1. The monoisotopic (exact) mass is 312 g/mol. The number of hydrogen-bond acceptors (Lipinski definition) is 3. The van der Waals surface area contributed by atoms with E-state index in [2.05, 4.69) is 5.16 Å². The summed E-state index contributed by atoms with van der Waals surface area (Å²) in [6, 6.07) is 8.18. The average molecular weight is 313 g/mol. The maximum Gasteiger partial charge on any atom is 0.175 e. The normalized spacial score (nSPS) is 11.5. The van der Waals surface area contributed by atoms with Gasteiger partial charge in [0.05, 0.1) is 10.6 Å². The molecule has 2 rings (SSSR count). The molecule has 4 nitrogen and oxygen atoms in total. The number of nitrogens with zero attached hydrogens (tertiary/aromatic N) is 1. The van der Waals surface area contributed by atoms with Gasteiger partial charge in [-0.3, -0.25) is 0 Å². The minimum absolute atomic E-state index is 0.0246. The SMILES string of the molecule is N/C(=N/O)c1c(Cl)cccc1OCc1ccc(F)c(F)c1. The second kappa shape index (κ2) is 6.41. The number of rotatable bonds is 4. The molecule has 0 radical (unpaired) electrons. The lowest BCUT2D eigenvalue weighted by Crippen LogP contribution is -2.15. The van der Waals surface area contributed by atoms with E-state index in [9.17, 15) is 8.78 Å². The first-order valence-electron chi connectivity index (χ1n) is 5.86. The number of halogens is 3. The second-order valence-electron chi connectivity index (χ2n) is 4.14. The summed E-state index contributed by atoms with van der Waals surface area (Å²) in [4.78, 5) is 0. The molecule has 0 aromatic heterocycles. The number of benzene rings is 2. The maximum absolute atomic E-state index is 13.1. The van der Waals surface area contributed by atoms with Crippen LogP contribution in [0.2, 0.25) is 5.02 Å². The van der Waals surface area contributed by atoms with Gasteiger partial charge in [-0.25, -0.2) is 8.78 Å². The zero-order valence-electron chi connectivity index (χ0n) is 10.7. The molecule has 2 aromatic rings. The van der Waals surface area contributed by atoms with Crippen molar-refractivity contribution < 1.29 is 18.7 Å². The Bertz CT molecular complexity index is 693. The van der Waals surface area contributed by atoms with Crippen molar-refractivity contribution in [3.63, 3.8) is 0 Å². The molecule has 0 unspecified atom stereocenters. The first-order valence-corrected chi connectivity index (χ1v) is 6.24. The van der Waals surface area contributed by atoms with Crippen LogP contribution in [0.1, 0.15) is 11.1 Å². The lowest BCUT2D eigenvalue weighted by Gasteiger charge is -2.12. The maximum atomic E-state index is 13.1. The molecule has 2 aromatic carbocycles. The molecular formula is C14H11ClF2N2O2. The first-order chi connectivity index (χ1) is 10.0. The third-order valence-electron chi connectivity index (χ3n) is 2.72. The Labute approximate surface area is 124 Å². The largest absolute Gasteiger partial charge is 0.488 e. The van der Waals surface area contributed by atoms with Crippen LogP contribution in [0.15, 0.2) is 41.6 Å². The zero-order chi connectivity index (χ0) is 15.4. The van der Waals surface area contributed by atoms with Gasteiger partial charge in [-0.1, -0.05) is 28.9 Å². The molecule has 21 heavy (non-hydrogen) atoms. The molecule has 110 valence electrons. The molecule has 0 saturated carbocycles. The van der Waals surface area contributed by atoms with Crippen LogP contribution in [0.4, 0.5) is 8.78 Å². The fourth-order valence-electron chi connectivity index (χ4n) is 1.71. The fourth-order valence-corrected chi connectivity index (χ4v) is 1.98. The summed E-state index contributed by atoms with van der Waals surface area (Å²) in [5.41, 5.74) is 6.19. The van der Waals surface area contributed by atoms with Crippen molar-refractivity contribution in [1.82, 2.24) is 0 Å². The van der Waals surface area contributed by atoms with Crippen molar-refractivity contribution in [3.05, 3.63) is 64.2 Å². The summed E-state index contributed by atoms with van der Waals surface area (Å²) >= 11 is 5.97. The Morgan fingerprint density at radius 2 is 2.00 bits per heavy atom. The highest BCUT2D eigenvalue weighted by Gasteiger charge is 2.13. The molecule has 0 spiro atoms. The third kappa shape index (κ3) is 3.41. The van der Waals surface area contributed by atoms with E-state index in [-0.39, 0.29) is 28.8 Å². The van der Waals surface area contributed by atoms with E-state index in [1.54, 1.807) is 18.2 Å². The van der Waals surface area contributed by atoms with Gasteiger partial charge in [0, 0.05) is 0 Å². The summed E-state index contributed by atoms with van der Waals surface area (Å²) in [7, 11) is 0. The van der Waals surface area contributed by atoms with E-state index in [0.717, 1.165) is 12.1 Å². The van der Waals surface area contributed by atoms with Crippen LogP contribution in [-0.4, -0.2) is 11.0 Å². The smallest absolute Gasteiger partial charge is 0.175 e. The van der Waals surface area contributed by atoms with Gasteiger partial charge in [0.1, 0.15) is 12.4 Å². The minimum atomic E-state index is -0.959. The Hall–Kier alpha value is -2.34. The summed E-state index contributed by atoms with van der Waals surface area (Å²) in [5.74, 6) is -1.83. The lowest BCUT2D eigenvalue weighted by molar-refractivity contribution is 0.302. The van der Waals surface area contributed by atoms with Crippen molar-refractivity contribution in [2.45, 2.75) is 6.61 Å². The van der Waals surface area contributed by atoms with Gasteiger partial charge in [0.25, 0.3) is 0 Å². The molecule has 7 heteroatoms. The van der Waals surface area contributed by atoms with E-state index in [1.165, 1.54) is 6.07 Å². The molecular weight excluding hydrogens is 302 g/mol. The van der Waals surface area contributed by atoms with E-state index < -0.39 is 11.6 Å². The standard InChI is InChI=1S/C14H11ClF2N2O2/c15-9-2-1-3-12(13(9)14(18)19-20)21-7-8-4-5-10(16)11(17)6-8/h1-6,20H,7H2,(H2,18,19). The van der Waals surface area contributed by atoms with E-state index in [1.807, 2.05) is 0 Å². The highest BCUT2D eigenvalue weighted by atomic mass is 35.5. The van der Waals surface area contributed by atoms with Gasteiger partial charge in [0.2, 0.25) is 0 Å². The van der Waals surface area contributed by atoms with Crippen LogP contribution < -0.4 is 10.5 Å². The number of ether oxygens (including phenoxy) is 1. The van der Waals surface area contributed by atoms with Crippen LogP contribution in [-0.2, 0) is 6.61 Å². The van der Waals surface area contributed by atoms with E-state index >= 15 is 0 Å². The molecule has 0 atom stereocenters. The molecule has 0 aliphatic heterocycles. The molecule has 0 amide bonds. The van der Waals surface area contributed by atoms with Crippen molar-refractivity contribution in [2.24, 2.45) is 10.9 Å². The lowest BCUT2D eigenvalue weighted by atomic mass is 10.2. The van der Waals surface area contributed by atoms with Gasteiger partial charge < -0.3 is 15.7 Å². The van der Waals surface area contributed by atoms with Crippen molar-refractivity contribution in [2.75, 3.05) is 0 Å². The summed E-state index contributed by atoms with van der Waals surface area (Å²) in [6.45, 7) is -0.0246. The Morgan fingerprint density at radius 1 is 1.24 bits per heavy atom. The van der Waals surface area contributed by atoms with Crippen LogP contribution in [0.25, 0.3) is 0 Å². The van der Waals surface area contributed by atoms with Gasteiger partial charge >= 0.3 is 0 Å². The van der Waals surface area contributed by atoms with E-state index in [0.29, 0.717) is 5.56 Å². The number of hydrogen-bond donors (Lipinski definition) is 2. The third-order valence-corrected chi connectivity index (χ3v) is 3.03. The highest BCUT2D eigenvalue weighted by molar-refractivity contribution is 6.34. The Kier molecular flexibility index (Phi) is 4.59. The van der Waals surface area contributed by atoms with Gasteiger partial charge in [-0.2, -0.15) is 0 Å². The quantitative estimate of drug-likeness (QED) is 0.394. The van der Waals surface area contributed by atoms with E-state index in [4.69, 9.17) is 27.3 Å². The molecule has 0 saturated heterocycles. The van der Waals surface area contributed by atoms with Crippen molar-refractivity contribution >= 4 is 17.4 Å². The Morgan fingerprint density at radius 3 is 2.67 bits per heavy atom. The van der Waals surface area contributed by atoms with Crippen molar-refractivity contribution in [3.8, 4) is 5.75 Å². The predicted octanol–water partition coefficient (Wildman–Crippen LogP) is 3.29. The number of oxime groups is 1. The zero-order valence-corrected chi connectivity index (χ0v) is 11.4. The molecule has 0 aliphatic rings. The summed E-state index contributed by atoms with van der Waals surface area (Å²) in [6.07, 6.45) is 0. The number of amidine groups is 1. The molecule has 0 heterocycles. The van der Waals surface area contributed by atoms with Crippen LogP contribution in [0.5, 0.6) is 5.75 Å². The molecule has 0 bridgehead atoms. The van der Waals surface area contributed by atoms with Crippen molar-refractivity contribution in [1.29, 1.82) is 0 Å². The van der Waals surface area contributed by atoms with Crippen LogP contribution >= 0.6 is 11.6 Å². The second-order valence-corrected chi connectivity index (χ2v) is 4.54. The average Bonchev–Trinajstić information content (AvgIpc) is 2.48. The topological polar surface area (TPSA) is 67.8 Å². The van der Waals surface area contributed by atoms with Crippen LogP contribution in [0, 0.1) is 11.6 Å². The van der Waals surface area contributed by atoms with Gasteiger partial charge in [-0.15, -0.1) is 0 Å². The first kappa shape index (κ1) is 15.1. The minimum Gasteiger partial charge on any atom is -0.488 e. The molecule has 0 aliphatic carbocycles. The molecule has 3 N–H and O–H groups in total. The Balaban J connectivity index is 2.24. The van der Waals surface area contributed by atoms with Crippen LogP contribution in [0.3, 0.4) is 0 Å².